The summed E-state index contributed by atoms with van der Waals surface area (Å²) in [7, 11) is 1.31. The van der Waals surface area contributed by atoms with Crippen molar-refractivity contribution in [2.75, 3.05) is 12.4 Å². The number of methoxy groups -OCH3 is 1. The summed E-state index contributed by atoms with van der Waals surface area (Å²) in [6, 6.07) is 14.9. The molecule has 0 spiro atoms. The Hall–Kier alpha value is -2.99. The highest BCUT2D eigenvalue weighted by Crippen LogP contribution is 2.24. The number of carbonyl (C=O) groups excluding carboxylic acids is 2. The van der Waals surface area contributed by atoms with Crippen molar-refractivity contribution >= 4 is 28.9 Å². The predicted molar refractivity (Wildman–Crippen MR) is 102 cm³/mol. The predicted octanol–water partition coefficient (Wildman–Crippen LogP) is 4.09. The fraction of sp³-hybridized carbons (Fsp3) is 0.150. The van der Waals surface area contributed by atoms with Crippen LogP contribution in [0.4, 0.5) is 5.69 Å². The van der Waals surface area contributed by atoms with Crippen molar-refractivity contribution in [3.63, 3.8) is 0 Å². The molecule has 0 saturated carbocycles. The number of ether oxygens (including phenoxy) is 1. The van der Waals surface area contributed by atoms with Crippen LogP contribution in [0.25, 0.3) is 10.6 Å². The number of anilines is 1. The van der Waals surface area contributed by atoms with Gasteiger partial charge in [0.05, 0.1) is 30.5 Å². The maximum Gasteiger partial charge on any atom is 0.339 e. The third-order valence-electron chi connectivity index (χ3n) is 3.80. The molecule has 0 atom stereocenters. The molecule has 3 rings (SSSR count). The molecule has 1 amide bonds. The van der Waals surface area contributed by atoms with Gasteiger partial charge in [0.15, 0.2) is 0 Å². The van der Waals surface area contributed by atoms with E-state index in [1.165, 1.54) is 24.0 Å². The normalized spacial score (nSPS) is 10.4. The van der Waals surface area contributed by atoms with Crippen LogP contribution >= 0.6 is 11.3 Å². The maximum absolute atomic E-state index is 12.3. The molecule has 0 aliphatic heterocycles. The summed E-state index contributed by atoms with van der Waals surface area (Å²) in [5.41, 5.74) is 3.66. The molecular weight excluding hydrogens is 348 g/mol. The van der Waals surface area contributed by atoms with Gasteiger partial charge >= 0.3 is 5.97 Å². The molecule has 0 fully saturated rings. The zero-order valence-electron chi connectivity index (χ0n) is 14.5. The van der Waals surface area contributed by atoms with Crippen LogP contribution in [0, 0.1) is 6.92 Å². The lowest BCUT2D eigenvalue weighted by Crippen LogP contribution is -2.17. The molecule has 0 bridgehead atoms. The molecule has 0 unspecified atom stereocenters. The molecule has 2 aromatic carbocycles. The van der Waals surface area contributed by atoms with E-state index in [1.54, 1.807) is 24.3 Å². The summed E-state index contributed by atoms with van der Waals surface area (Å²) in [4.78, 5) is 28.6. The zero-order chi connectivity index (χ0) is 18.5. The van der Waals surface area contributed by atoms with Crippen molar-refractivity contribution in [2.24, 2.45) is 0 Å². The Balaban J connectivity index is 1.70. The van der Waals surface area contributed by atoms with Gasteiger partial charge in [-0.1, -0.05) is 42.0 Å². The Labute approximate surface area is 155 Å². The van der Waals surface area contributed by atoms with E-state index < -0.39 is 5.97 Å². The monoisotopic (exact) mass is 366 g/mol. The number of aromatic nitrogens is 1. The second-order valence-electron chi connectivity index (χ2n) is 5.77. The van der Waals surface area contributed by atoms with Crippen molar-refractivity contribution in [3.05, 3.63) is 70.7 Å². The summed E-state index contributed by atoms with van der Waals surface area (Å²) in [5, 5.41) is 5.51. The number of nitrogens with one attached hydrogen (secondary N) is 1. The van der Waals surface area contributed by atoms with Crippen molar-refractivity contribution < 1.29 is 14.3 Å². The van der Waals surface area contributed by atoms with Gasteiger partial charge in [0, 0.05) is 10.9 Å². The Morgan fingerprint density at radius 2 is 1.85 bits per heavy atom. The van der Waals surface area contributed by atoms with Gasteiger partial charge in [0.2, 0.25) is 5.91 Å². The lowest BCUT2D eigenvalue weighted by molar-refractivity contribution is -0.115. The van der Waals surface area contributed by atoms with Gasteiger partial charge in [-0.05, 0) is 19.1 Å². The van der Waals surface area contributed by atoms with E-state index in [-0.39, 0.29) is 12.3 Å². The van der Waals surface area contributed by atoms with E-state index in [0.29, 0.717) is 16.9 Å². The number of rotatable bonds is 5. The number of nitrogens with zero attached hydrogens (tertiary/aromatic N) is 1. The van der Waals surface area contributed by atoms with Crippen LogP contribution in [0.2, 0.25) is 0 Å². The minimum atomic E-state index is -0.490. The number of amides is 1. The molecule has 0 aliphatic carbocycles. The zero-order valence-corrected chi connectivity index (χ0v) is 15.3. The van der Waals surface area contributed by atoms with Crippen LogP contribution in [-0.4, -0.2) is 24.0 Å². The Bertz CT molecular complexity index is 932. The van der Waals surface area contributed by atoms with Crippen LogP contribution in [0.1, 0.15) is 21.6 Å². The molecular formula is C20H18N2O3S. The first-order chi connectivity index (χ1) is 12.6. The van der Waals surface area contributed by atoms with E-state index >= 15 is 0 Å². The minimum absolute atomic E-state index is 0.137. The first-order valence-electron chi connectivity index (χ1n) is 8.05. The van der Waals surface area contributed by atoms with Crippen molar-refractivity contribution in [1.82, 2.24) is 4.98 Å². The SMILES string of the molecule is COC(=O)c1ccccc1NC(=O)Cc1csc(-c2ccc(C)cc2)n1. The molecule has 5 nitrogen and oxygen atoms in total. The first-order valence-corrected chi connectivity index (χ1v) is 8.93. The number of benzene rings is 2. The van der Waals surface area contributed by atoms with E-state index in [9.17, 15) is 9.59 Å². The molecule has 1 N–H and O–H groups in total. The smallest absolute Gasteiger partial charge is 0.339 e. The van der Waals surface area contributed by atoms with Crippen LogP contribution in [-0.2, 0) is 16.0 Å². The fourth-order valence-electron chi connectivity index (χ4n) is 2.46. The maximum atomic E-state index is 12.3. The number of hydrogen-bond donors (Lipinski definition) is 1. The first kappa shape index (κ1) is 17.8. The summed E-state index contributed by atoms with van der Waals surface area (Å²) in [6.07, 6.45) is 0.137. The quantitative estimate of drug-likeness (QED) is 0.691. The number of aryl methyl sites for hydroxylation is 1. The molecule has 26 heavy (non-hydrogen) atoms. The fourth-order valence-corrected chi connectivity index (χ4v) is 3.28. The van der Waals surface area contributed by atoms with Crippen molar-refractivity contribution in [2.45, 2.75) is 13.3 Å². The number of esters is 1. The molecule has 0 radical (unpaired) electrons. The highest BCUT2D eigenvalue weighted by molar-refractivity contribution is 7.13. The largest absolute Gasteiger partial charge is 0.465 e. The minimum Gasteiger partial charge on any atom is -0.465 e. The molecule has 1 aromatic heterocycles. The van der Waals surface area contributed by atoms with Crippen LogP contribution in [0.3, 0.4) is 0 Å². The molecule has 0 aliphatic rings. The van der Waals surface area contributed by atoms with E-state index in [2.05, 4.69) is 10.3 Å². The topological polar surface area (TPSA) is 68.3 Å². The second kappa shape index (κ2) is 7.93. The molecule has 0 saturated heterocycles. The Kier molecular flexibility index (Phi) is 5.43. The molecule has 3 aromatic rings. The second-order valence-corrected chi connectivity index (χ2v) is 6.63. The summed E-state index contributed by atoms with van der Waals surface area (Å²) < 4.78 is 4.74. The van der Waals surface area contributed by atoms with Gasteiger partial charge in [-0.2, -0.15) is 0 Å². The summed E-state index contributed by atoms with van der Waals surface area (Å²) >= 11 is 1.50. The highest BCUT2D eigenvalue weighted by atomic mass is 32.1. The van der Waals surface area contributed by atoms with Crippen LogP contribution in [0.15, 0.2) is 53.9 Å². The third-order valence-corrected chi connectivity index (χ3v) is 4.74. The van der Waals surface area contributed by atoms with E-state index in [1.807, 2.05) is 36.6 Å². The average Bonchev–Trinajstić information content (AvgIpc) is 3.10. The number of carbonyl (C=O) groups is 2. The van der Waals surface area contributed by atoms with Gasteiger partial charge in [0.25, 0.3) is 0 Å². The van der Waals surface area contributed by atoms with Crippen molar-refractivity contribution in [3.8, 4) is 10.6 Å². The Morgan fingerprint density at radius 1 is 1.12 bits per heavy atom. The summed E-state index contributed by atoms with van der Waals surface area (Å²) in [6.45, 7) is 2.04. The van der Waals surface area contributed by atoms with Gasteiger partial charge in [-0.3, -0.25) is 4.79 Å². The van der Waals surface area contributed by atoms with E-state index in [4.69, 9.17) is 4.74 Å². The Morgan fingerprint density at radius 3 is 2.58 bits per heavy atom. The molecule has 1 heterocycles. The van der Waals surface area contributed by atoms with Crippen molar-refractivity contribution in [1.29, 1.82) is 0 Å². The standard InChI is InChI=1S/C20H18N2O3S/c1-13-7-9-14(10-8-13)19-21-15(12-26-19)11-18(23)22-17-6-4-3-5-16(17)20(24)25-2/h3-10,12H,11H2,1-2H3,(H,22,23). The lowest BCUT2D eigenvalue weighted by Gasteiger charge is -2.08. The van der Waals surface area contributed by atoms with Gasteiger partial charge in [0.1, 0.15) is 5.01 Å². The van der Waals surface area contributed by atoms with Gasteiger partial charge in [-0.25, -0.2) is 9.78 Å². The van der Waals surface area contributed by atoms with E-state index in [0.717, 1.165) is 10.6 Å². The van der Waals surface area contributed by atoms with Gasteiger partial charge < -0.3 is 10.1 Å². The average molecular weight is 366 g/mol. The molecule has 132 valence electrons. The number of hydrogen-bond acceptors (Lipinski definition) is 5. The van der Waals surface area contributed by atoms with Crippen LogP contribution < -0.4 is 5.32 Å². The highest BCUT2D eigenvalue weighted by Gasteiger charge is 2.14. The molecule has 6 heteroatoms. The number of thiazole rings is 1. The third kappa shape index (κ3) is 4.15. The lowest BCUT2D eigenvalue weighted by atomic mass is 10.1. The number of para-hydroxylation sites is 1. The van der Waals surface area contributed by atoms with Gasteiger partial charge in [-0.15, -0.1) is 11.3 Å². The van der Waals surface area contributed by atoms with Crippen LogP contribution in [0.5, 0.6) is 0 Å². The summed E-state index contributed by atoms with van der Waals surface area (Å²) in [5.74, 6) is -0.724.